The molecule has 0 saturated carbocycles. The molecule has 0 spiro atoms. The van der Waals surface area contributed by atoms with Gasteiger partial charge in [-0.05, 0) is 23.6 Å². The normalized spacial score (nSPS) is 13.3. The molecule has 0 radical (unpaired) electrons. The molecule has 0 aromatic heterocycles. The summed E-state index contributed by atoms with van der Waals surface area (Å²) in [4.78, 5) is 0. The SMILES string of the molecule is CC(C)/C=C/c1cccc(NS(=O)O)c1. The number of anilines is 1. The van der Waals surface area contributed by atoms with Gasteiger partial charge in [-0.25, -0.2) is 4.21 Å². The van der Waals surface area contributed by atoms with Gasteiger partial charge in [-0.15, -0.1) is 0 Å². The summed E-state index contributed by atoms with van der Waals surface area (Å²) in [6.45, 7) is 4.20. The second-order valence-corrected chi connectivity index (χ2v) is 4.28. The third-order valence-corrected chi connectivity index (χ3v) is 2.18. The molecule has 1 aromatic carbocycles. The molecule has 0 aliphatic heterocycles. The van der Waals surface area contributed by atoms with E-state index in [-0.39, 0.29) is 0 Å². The minimum Gasteiger partial charge on any atom is -0.289 e. The van der Waals surface area contributed by atoms with Crippen LogP contribution in [0.3, 0.4) is 0 Å². The van der Waals surface area contributed by atoms with Gasteiger partial charge in [0.15, 0.2) is 0 Å². The molecule has 15 heavy (non-hydrogen) atoms. The summed E-state index contributed by atoms with van der Waals surface area (Å²) in [5, 5.41) is 0. The standard InChI is InChI=1S/C11H15NO2S/c1-9(2)6-7-10-4-3-5-11(8-10)12-15(13)14/h3-9,12H,1-2H3,(H,13,14)/b7-6+. The Bertz CT molecular complexity index is 375. The summed E-state index contributed by atoms with van der Waals surface area (Å²) in [5.41, 5.74) is 1.65. The van der Waals surface area contributed by atoms with Gasteiger partial charge in [0.25, 0.3) is 11.3 Å². The zero-order valence-corrected chi connectivity index (χ0v) is 9.62. The van der Waals surface area contributed by atoms with E-state index in [0.717, 1.165) is 5.56 Å². The van der Waals surface area contributed by atoms with E-state index in [4.69, 9.17) is 4.55 Å². The lowest BCUT2D eigenvalue weighted by atomic mass is 10.1. The van der Waals surface area contributed by atoms with Gasteiger partial charge in [-0.3, -0.25) is 9.27 Å². The third-order valence-electron chi connectivity index (χ3n) is 1.77. The van der Waals surface area contributed by atoms with Crippen LogP contribution in [0.15, 0.2) is 30.3 Å². The van der Waals surface area contributed by atoms with Crippen LogP contribution in [0, 0.1) is 5.92 Å². The predicted octanol–water partition coefficient (Wildman–Crippen LogP) is 2.90. The molecule has 3 nitrogen and oxygen atoms in total. The molecule has 1 unspecified atom stereocenters. The van der Waals surface area contributed by atoms with Crippen LogP contribution in [0.4, 0.5) is 5.69 Å². The highest BCUT2D eigenvalue weighted by molar-refractivity contribution is 7.80. The summed E-state index contributed by atoms with van der Waals surface area (Å²) in [6.07, 6.45) is 4.07. The van der Waals surface area contributed by atoms with E-state index < -0.39 is 11.3 Å². The Morgan fingerprint density at radius 1 is 1.47 bits per heavy atom. The van der Waals surface area contributed by atoms with Crippen LogP contribution in [0.2, 0.25) is 0 Å². The lowest BCUT2D eigenvalue weighted by molar-refractivity contribution is 0.570. The Morgan fingerprint density at radius 2 is 2.20 bits per heavy atom. The minimum absolute atomic E-state index is 0.494. The lowest BCUT2D eigenvalue weighted by Gasteiger charge is -2.02. The van der Waals surface area contributed by atoms with Crippen LogP contribution in [0.1, 0.15) is 19.4 Å². The average Bonchev–Trinajstić information content (AvgIpc) is 2.14. The number of hydrogen-bond donors (Lipinski definition) is 2. The molecule has 1 atom stereocenters. The van der Waals surface area contributed by atoms with Crippen LogP contribution in [-0.4, -0.2) is 8.76 Å². The van der Waals surface area contributed by atoms with E-state index in [1.54, 1.807) is 6.07 Å². The van der Waals surface area contributed by atoms with Crippen molar-refractivity contribution in [2.24, 2.45) is 5.92 Å². The van der Waals surface area contributed by atoms with E-state index in [0.29, 0.717) is 11.6 Å². The second-order valence-electron chi connectivity index (χ2n) is 3.58. The molecule has 82 valence electrons. The van der Waals surface area contributed by atoms with E-state index in [1.807, 2.05) is 24.3 Å². The monoisotopic (exact) mass is 225 g/mol. The zero-order valence-electron chi connectivity index (χ0n) is 8.81. The van der Waals surface area contributed by atoms with Crippen molar-refractivity contribution in [2.45, 2.75) is 13.8 Å². The quantitative estimate of drug-likeness (QED) is 0.774. The van der Waals surface area contributed by atoms with Crippen molar-refractivity contribution >= 4 is 23.0 Å². The molecule has 0 heterocycles. The van der Waals surface area contributed by atoms with Crippen molar-refractivity contribution in [3.05, 3.63) is 35.9 Å². The predicted molar refractivity (Wildman–Crippen MR) is 64.7 cm³/mol. The van der Waals surface area contributed by atoms with Crippen molar-refractivity contribution in [3.63, 3.8) is 0 Å². The third kappa shape index (κ3) is 4.76. The smallest absolute Gasteiger partial charge is 0.259 e. The number of rotatable bonds is 4. The fourth-order valence-electron chi connectivity index (χ4n) is 1.11. The van der Waals surface area contributed by atoms with Crippen molar-refractivity contribution in [3.8, 4) is 0 Å². The van der Waals surface area contributed by atoms with Crippen LogP contribution < -0.4 is 4.72 Å². The Labute approximate surface area is 92.6 Å². The number of hydrogen-bond acceptors (Lipinski definition) is 1. The summed E-state index contributed by atoms with van der Waals surface area (Å²) >= 11 is -2.01. The number of benzene rings is 1. The van der Waals surface area contributed by atoms with Gasteiger partial charge in [0.2, 0.25) is 0 Å². The first-order valence-electron chi connectivity index (χ1n) is 4.73. The molecule has 0 fully saturated rings. The first-order chi connectivity index (χ1) is 7.08. The topological polar surface area (TPSA) is 49.3 Å². The Kier molecular flexibility index (Phi) is 4.52. The van der Waals surface area contributed by atoms with Crippen LogP contribution >= 0.6 is 0 Å². The van der Waals surface area contributed by atoms with Gasteiger partial charge in [0.1, 0.15) is 0 Å². The van der Waals surface area contributed by atoms with Crippen LogP contribution in [0.5, 0.6) is 0 Å². The van der Waals surface area contributed by atoms with E-state index in [1.165, 1.54) is 0 Å². The fraction of sp³-hybridized carbons (Fsp3) is 0.273. The van der Waals surface area contributed by atoms with Crippen molar-refractivity contribution in [1.29, 1.82) is 0 Å². The van der Waals surface area contributed by atoms with E-state index in [9.17, 15) is 4.21 Å². The van der Waals surface area contributed by atoms with Gasteiger partial charge >= 0.3 is 0 Å². The molecule has 0 bridgehead atoms. The number of allylic oxidation sites excluding steroid dienone is 1. The van der Waals surface area contributed by atoms with Crippen LogP contribution in [-0.2, 0) is 11.3 Å². The minimum atomic E-state index is -2.01. The van der Waals surface area contributed by atoms with Gasteiger partial charge < -0.3 is 0 Å². The first-order valence-corrected chi connectivity index (χ1v) is 5.84. The van der Waals surface area contributed by atoms with E-state index in [2.05, 4.69) is 24.6 Å². The van der Waals surface area contributed by atoms with Crippen molar-refractivity contribution < 1.29 is 8.76 Å². The highest BCUT2D eigenvalue weighted by Gasteiger charge is 1.95. The highest BCUT2D eigenvalue weighted by Crippen LogP contribution is 2.13. The molecule has 4 heteroatoms. The largest absolute Gasteiger partial charge is 0.289 e. The fourth-order valence-corrected chi connectivity index (χ4v) is 1.44. The Morgan fingerprint density at radius 3 is 2.80 bits per heavy atom. The maximum atomic E-state index is 10.5. The maximum Gasteiger partial charge on any atom is 0.259 e. The molecule has 2 N–H and O–H groups in total. The molecular weight excluding hydrogens is 210 g/mol. The van der Waals surface area contributed by atoms with Gasteiger partial charge in [-0.1, -0.05) is 38.1 Å². The molecule has 1 aromatic rings. The summed E-state index contributed by atoms with van der Waals surface area (Å²) in [5.74, 6) is 0.494. The molecule has 0 aliphatic carbocycles. The molecule has 0 aliphatic rings. The average molecular weight is 225 g/mol. The van der Waals surface area contributed by atoms with Crippen molar-refractivity contribution in [1.82, 2.24) is 0 Å². The second kappa shape index (κ2) is 5.68. The van der Waals surface area contributed by atoms with Gasteiger partial charge in [0.05, 0.1) is 0 Å². The summed E-state index contributed by atoms with van der Waals surface area (Å²) in [6, 6.07) is 7.37. The molecule has 0 saturated heterocycles. The lowest BCUT2D eigenvalue weighted by Crippen LogP contribution is -2.01. The van der Waals surface area contributed by atoms with E-state index >= 15 is 0 Å². The van der Waals surface area contributed by atoms with Crippen LogP contribution in [0.25, 0.3) is 6.08 Å². The molecule has 0 amide bonds. The maximum absolute atomic E-state index is 10.5. The summed E-state index contributed by atoms with van der Waals surface area (Å²) < 4.78 is 21.6. The highest BCUT2D eigenvalue weighted by atomic mass is 32.2. The molecular formula is C11H15NO2S. The Balaban J connectivity index is 2.78. The molecule has 1 rings (SSSR count). The Hall–Kier alpha value is -1.13. The summed E-state index contributed by atoms with van der Waals surface area (Å²) in [7, 11) is 0. The first kappa shape index (κ1) is 11.9. The van der Waals surface area contributed by atoms with Gasteiger partial charge in [0, 0.05) is 5.69 Å². The number of nitrogens with one attached hydrogen (secondary N) is 1. The van der Waals surface area contributed by atoms with Crippen molar-refractivity contribution in [2.75, 3.05) is 4.72 Å². The van der Waals surface area contributed by atoms with Gasteiger partial charge in [-0.2, -0.15) is 0 Å². The zero-order chi connectivity index (χ0) is 11.3.